The van der Waals surface area contributed by atoms with E-state index in [-0.39, 0.29) is 5.41 Å². The maximum atomic E-state index is 4.97. The molecule has 1 nitrogen and oxygen atoms in total. The molecular formula is C38H27N. The van der Waals surface area contributed by atoms with Crippen molar-refractivity contribution in [3.63, 3.8) is 0 Å². The fourth-order valence-corrected chi connectivity index (χ4v) is 6.87. The van der Waals surface area contributed by atoms with Crippen molar-refractivity contribution in [2.75, 3.05) is 0 Å². The van der Waals surface area contributed by atoms with Gasteiger partial charge in [-0.05, 0) is 67.4 Å². The topological polar surface area (TPSA) is 12.9 Å². The lowest BCUT2D eigenvalue weighted by molar-refractivity contribution is 0.660. The van der Waals surface area contributed by atoms with E-state index in [2.05, 4.69) is 141 Å². The second-order valence-corrected chi connectivity index (χ2v) is 11.2. The lowest BCUT2D eigenvalue weighted by Gasteiger charge is -2.23. The minimum Gasteiger partial charge on any atom is -0.256 e. The van der Waals surface area contributed by atoms with Gasteiger partial charge in [0, 0.05) is 27.8 Å². The van der Waals surface area contributed by atoms with Crippen molar-refractivity contribution in [1.29, 1.82) is 0 Å². The monoisotopic (exact) mass is 497 g/mol. The molecule has 0 bridgehead atoms. The Bertz CT molecular complexity index is 2080. The largest absolute Gasteiger partial charge is 0.256 e. The molecule has 184 valence electrons. The van der Waals surface area contributed by atoms with Gasteiger partial charge in [-0.25, -0.2) is 0 Å². The number of nitrogens with zero attached hydrogens (tertiary/aromatic N) is 1. The molecule has 0 aliphatic heterocycles. The standard InChI is InChI=1S/C38H27N/c1-38(2)32-18-10-8-14-26(32)27-21-20-25(22-33(27)38)35-28-15-6-7-16-29(28)36(24-12-4-3-5-13-24)37-30-17-9-11-19-34(30)39-23-31(35)37/h3-23H,1-2H3. The molecule has 1 aliphatic carbocycles. The van der Waals surface area contributed by atoms with Crippen LogP contribution in [0.4, 0.5) is 0 Å². The minimum atomic E-state index is -0.0531. The van der Waals surface area contributed by atoms with Gasteiger partial charge >= 0.3 is 0 Å². The Labute approximate surface area is 228 Å². The van der Waals surface area contributed by atoms with Crippen LogP contribution in [0.2, 0.25) is 0 Å². The predicted molar refractivity (Wildman–Crippen MR) is 165 cm³/mol. The molecule has 0 fully saturated rings. The van der Waals surface area contributed by atoms with E-state index < -0.39 is 0 Å². The van der Waals surface area contributed by atoms with Crippen LogP contribution in [-0.2, 0) is 5.41 Å². The SMILES string of the molecule is CC1(C)c2ccccc2-c2ccc(-c3c4ccccc4c(-c4ccccc4)c4c3cnc3ccccc34)cc21. The summed E-state index contributed by atoms with van der Waals surface area (Å²) < 4.78 is 0. The number of pyridine rings is 1. The molecule has 0 saturated carbocycles. The third-order valence-electron chi connectivity index (χ3n) is 8.70. The lowest BCUT2D eigenvalue weighted by Crippen LogP contribution is -2.14. The molecule has 1 heterocycles. The highest BCUT2D eigenvalue weighted by molar-refractivity contribution is 6.27. The van der Waals surface area contributed by atoms with Crippen molar-refractivity contribution in [3.8, 4) is 33.4 Å². The van der Waals surface area contributed by atoms with Gasteiger partial charge in [0.05, 0.1) is 5.52 Å². The molecule has 1 heteroatoms. The predicted octanol–water partition coefficient (Wildman–Crippen LogP) is 10.2. The Kier molecular flexibility index (Phi) is 4.63. The zero-order chi connectivity index (χ0) is 26.1. The summed E-state index contributed by atoms with van der Waals surface area (Å²) in [7, 11) is 0. The molecule has 8 rings (SSSR count). The van der Waals surface area contributed by atoms with E-state index in [0.29, 0.717) is 0 Å². The van der Waals surface area contributed by atoms with Gasteiger partial charge in [-0.3, -0.25) is 4.98 Å². The highest BCUT2D eigenvalue weighted by Gasteiger charge is 2.35. The van der Waals surface area contributed by atoms with Gasteiger partial charge in [0.2, 0.25) is 0 Å². The van der Waals surface area contributed by atoms with Gasteiger partial charge in [0.15, 0.2) is 0 Å². The van der Waals surface area contributed by atoms with Crippen LogP contribution in [0.3, 0.4) is 0 Å². The Morgan fingerprint density at radius 2 is 1.13 bits per heavy atom. The lowest BCUT2D eigenvalue weighted by atomic mass is 9.80. The van der Waals surface area contributed by atoms with E-state index in [0.717, 1.165) is 5.52 Å². The summed E-state index contributed by atoms with van der Waals surface area (Å²) in [4.78, 5) is 4.97. The zero-order valence-corrected chi connectivity index (χ0v) is 22.1. The summed E-state index contributed by atoms with van der Waals surface area (Å²) in [6, 6.07) is 44.2. The number of hydrogen-bond acceptors (Lipinski definition) is 1. The van der Waals surface area contributed by atoms with Gasteiger partial charge in [-0.15, -0.1) is 0 Å². The van der Waals surface area contributed by atoms with Crippen LogP contribution in [0, 0.1) is 0 Å². The van der Waals surface area contributed by atoms with E-state index in [4.69, 9.17) is 4.98 Å². The van der Waals surface area contributed by atoms with E-state index in [9.17, 15) is 0 Å². The molecule has 39 heavy (non-hydrogen) atoms. The maximum Gasteiger partial charge on any atom is 0.0708 e. The molecule has 0 amide bonds. The first-order valence-corrected chi connectivity index (χ1v) is 13.7. The smallest absolute Gasteiger partial charge is 0.0708 e. The Balaban J connectivity index is 1.53. The van der Waals surface area contributed by atoms with Crippen LogP contribution in [0.5, 0.6) is 0 Å². The van der Waals surface area contributed by atoms with Crippen LogP contribution in [0.1, 0.15) is 25.0 Å². The van der Waals surface area contributed by atoms with Crippen molar-refractivity contribution >= 4 is 32.4 Å². The average molecular weight is 498 g/mol. The highest BCUT2D eigenvalue weighted by atomic mass is 14.7. The fourth-order valence-electron chi connectivity index (χ4n) is 6.87. The molecule has 7 aromatic rings. The zero-order valence-electron chi connectivity index (χ0n) is 22.1. The molecule has 0 spiro atoms. The summed E-state index contributed by atoms with van der Waals surface area (Å²) >= 11 is 0. The van der Waals surface area contributed by atoms with Gasteiger partial charge in [0.1, 0.15) is 0 Å². The first kappa shape index (κ1) is 22.3. The number of hydrogen-bond donors (Lipinski definition) is 0. The van der Waals surface area contributed by atoms with Crippen LogP contribution >= 0.6 is 0 Å². The minimum absolute atomic E-state index is 0.0531. The summed E-state index contributed by atoms with van der Waals surface area (Å²) in [5.41, 5.74) is 11.5. The van der Waals surface area contributed by atoms with E-state index in [1.165, 1.54) is 71.4 Å². The normalized spacial score (nSPS) is 13.6. The van der Waals surface area contributed by atoms with Gasteiger partial charge in [-0.1, -0.05) is 123 Å². The molecule has 0 radical (unpaired) electrons. The van der Waals surface area contributed by atoms with Gasteiger partial charge < -0.3 is 0 Å². The third kappa shape index (κ3) is 3.11. The molecule has 6 aromatic carbocycles. The molecule has 0 saturated heterocycles. The number of aromatic nitrogens is 1. The fraction of sp³-hybridized carbons (Fsp3) is 0.0789. The van der Waals surface area contributed by atoms with E-state index in [1.54, 1.807) is 0 Å². The van der Waals surface area contributed by atoms with Crippen molar-refractivity contribution in [3.05, 3.63) is 139 Å². The summed E-state index contributed by atoms with van der Waals surface area (Å²) in [5.74, 6) is 0. The molecule has 0 unspecified atom stereocenters. The van der Waals surface area contributed by atoms with Crippen LogP contribution in [0.15, 0.2) is 128 Å². The number of rotatable bonds is 2. The van der Waals surface area contributed by atoms with Gasteiger partial charge in [-0.2, -0.15) is 0 Å². The summed E-state index contributed by atoms with van der Waals surface area (Å²) in [5, 5.41) is 6.18. The van der Waals surface area contributed by atoms with Crippen molar-refractivity contribution in [1.82, 2.24) is 4.98 Å². The van der Waals surface area contributed by atoms with E-state index in [1.807, 2.05) is 0 Å². The van der Waals surface area contributed by atoms with Crippen molar-refractivity contribution < 1.29 is 0 Å². The molecule has 1 aromatic heterocycles. The first-order chi connectivity index (χ1) is 19.1. The molecule has 0 N–H and O–H groups in total. The van der Waals surface area contributed by atoms with Crippen molar-refractivity contribution in [2.24, 2.45) is 0 Å². The van der Waals surface area contributed by atoms with Crippen LogP contribution in [0.25, 0.3) is 65.8 Å². The Morgan fingerprint density at radius 1 is 0.487 bits per heavy atom. The molecule has 1 aliphatic rings. The number of para-hydroxylation sites is 1. The summed E-state index contributed by atoms with van der Waals surface area (Å²) in [6.07, 6.45) is 2.10. The second-order valence-electron chi connectivity index (χ2n) is 11.2. The van der Waals surface area contributed by atoms with Crippen LogP contribution < -0.4 is 0 Å². The summed E-state index contributed by atoms with van der Waals surface area (Å²) in [6.45, 7) is 4.70. The molecule has 0 atom stereocenters. The van der Waals surface area contributed by atoms with E-state index >= 15 is 0 Å². The van der Waals surface area contributed by atoms with Crippen LogP contribution in [-0.4, -0.2) is 4.98 Å². The first-order valence-electron chi connectivity index (χ1n) is 13.7. The highest BCUT2D eigenvalue weighted by Crippen LogP contribution is 2.51. The third-order valence-corrected chi connectivity index (χ3v) is 8.70. The quantitative estimate of drug-likeness (QED) is 0.171. The number of benzene rings is 6. The second kappa shape index (κ2) is 8.12. The maximum absolute atomic E-state index is 4.97. The molecular weight excluding hydrogens is 470 g/mol. The van der Waals surface area contributed by atoms with Crippen molar-refractivity contribution in [2.45, 2.75) is 19.3 Å². The Morgan fingerprint density at radius 3 is 1.95 bits per heavy atom. The Hall–Kier alpha value is -4.75. The average Bonchev–Trinajstić information content (AvgIpc) is 3.22. The number of fused-ring (bicyclic) bond motifs is 7. The van der Waals surface area contributed by atoms with Gasteiger partial charge in [0.25, 0.3) is 0 Å².